The Morgan fingerprint density at radius 1 is 1.69 bits per heavy atom. The van der Waals surface area contributed by atoms with Gasteiger partial charge < -0.3 is 9.57 Å². The Bertz CT molecular complexity index is 280. The van der Waals surface area contributed by atoms with E-state index < -0.39 is 6.43 Å². The fourth-order valence-corrected chi connectivity index (χ4v) is 1.09. The number of hydrogen-bond donors (Lipinski definition) is 0. The summed E-state index contributed by atoms with van der Waals surface area (Å²) in [6.45, 7) is -0.0448. The number of aromatic nitrogens is 2. The minimum Gasteiger partial charge on any atom is -0.368 e. The van der Waals surface area contributed by atoms with Gasteiger partial charge in [0.15, 0.2) is 0 Å². The summed E-state index contributed by atoms with van der Waals surface area (Å²) in [5, 5.41) is 3.46. The Hall–Kier alpha value is -0.690. The first-order valence-electron chi connectivity index (χ1n) is 3.30. The fraction of sp³-hybridized carbons (Fsp3) is 0.500. The van der Waals surface area contributed by atoms with Crippen molar-refractivity contribution in [1.82, 2.24) is 9.94 Å². The van der Waals surface area contributed by atoms with Gasteiger partial charge in [-0.15, -0.1) is 9.94 Å². The first kappa shape index (κ1) is 10.4. The summed E-state index contributed by atoms with van der Waals surface area (Å²) in [4.78, 5) is 5.71. The molecule has 0 N–H and O–H groups in total. The molecule has 0 atom stereocenters. The molecule has 4 nitrogen and oxygen atoms in total. The van der Waals surface area contributed by atoms with E-state index in [4.69, 9.17) is 4.84 Å². The summed E-state index contributed by atoms with van der Waals surface area (Å²) in [5.74, 6) is 0. The number of hydrogen-bond acceptors (Lipinski definition) is 3. The average molecular weight is 257 g/mol. The van der Waals surface area contributed by atoms with Crippen molar-refractivity contribution in [3.05, 3.63) is 16.4 Å². The SMILES string of the molecule is COCOn1cc(Br)c(C(F)F)n1. The van der Waals surface area contributed by atoms with Gasteiger partial charge in [0.2, 0.25) is 6.79 Å². The zero-order valence-electron chi connectivity index (χ0n) is 6.71. The molecule has 1 heterocycles. The predicted octanol–water partition coefficient (Wildman–Crippen LogP) is 1.62. The number of alkyl halides is 2. The second-order valence-electron chi connectivity index (χ2n) is 2.10. The molecule has 0 aliphatic rings. The molecule has 13 heavy (non-hydrogen) atoms. The maximum absolute atomic E-state index is 12.2. The fourth-order valence-electron chi connectivity index (χ4n) is 0.667. The van der Waals surface area contributed by atoms with Crippen LogP contribution in [0.1, 0.15) is 12.1 Å². The molecule has 0 unspecified atom stereocenters. The summed E-state index contributed by atoms with van der Waals surface area (Å²) in [6.07, 6.45) is -1.33. The second-order valence-corrected chi connectivity index (χ2v) is 2.96. The van der Waals surface area contributed by atoms with Gasteiger partial charge in [-0.25, -0.2) is 8.78 Å². The lowest BCUT2D eigenvalue weighted by atomic mass is 10.5. The molecule has 0 radical (unpaired) electrons. The Kier molecular flexibility index (Phi) is 3.61. The van der Waals surface area contributed by atoms with Crippen LogP contribution in [0.3, 0.4) is 0 Å². The van der Waals surface area contributed by atoms with E-state index in [2.05, 4.69) is 25.8 Å². The Labute approximate surface area is 81.5 Å². The van der Waals surface area contributed by atoms with Crippen LogP contribution in [0.15, 0.2) is 10.7 Å². The number of nitrogens with zero attached hydrogens (tertiary/aromatic N) is 2. The van der Waals surface area contributed by atoms with Gasteiger partial charge in [-0.1, -0.05) is 0 Å². The van der Waals surface area contributed by atoms with Crippen molar-refractivity contribution in [3.8, 4) is 0 Å². The minimum atomic E-state index is -2.62. The highest BCUT2D eigenvalue weighted by Gasteiger charge is 2.16. The normalized spacial score (nSPS) is 10.8. The highest BCUT2D eigenvalue weighted by molar-refractivity contribution is 9.10. The van der Waals surface area contributed by atoms with Gasteiger partial charge in [-0.2, -0.15) is 0 Å². The van der Waals surface area contributed by atoms with Crippen LogP contribution in [-0.4, -0.2) is 23.8 Å². The van der Waals surface area contributed by atoms with Crippen LogP contribution in [-0.2, 0) is 4.74 Å². The molecular formula is C6H7BrF2N2O2. The largest absolute Gasteiger partial charge is 0.368 e. The Morgan fingerprint density at radius 2 is 2.38 bits per heavy atom. The zero-order chi connectivity index (χ0) is 9.84. The van der Waals surface area contributed by atoms with Crippen LogP contribution < -0.4 is 4.84 Å². The van der Waals surface area contributed by atoms with Crippen LogP contribution in [0, 0.1) is 0 Å². The predicted molar refractivity (Wildman–Crippen MR) is 43.3 cm³/mol. The summed E-state index contributed by atoms with van der Waals surface area (Å²) >= 11 is 2.93. The van der Waals surface area contributed by atoms with Gasteiger partial charge >= 0.3 is 0 Å². The molecule has 0 fully saturated rings. The molecule has 1 aromatic heterocycles. The summed E-state index contributed by atoms with van der Waals surface area (Å²) in [6, 6.07) is 0. The quantitative estimate of drug-likeness (QED) is 0.769. The summed E-state index contributed by atoms with van der Waals surface area (Å²) in [5.41, 5.74) is -0.351. The molecule has 0 bridgehead atoms. The van der Waals surface area contributed by atoms with E-state index in [0.717, 1.165) is 4.85 Å². The van der Waals surface area contributed by atoms with Gasteiger partial charge in [0, 0.05) is 7.11 Å². The third-order valence-corrected chi connectivity index (χ3v) is 1.80. The topological polar surface area (TPSA) is 36.3 Å². The lowest BCUT2D eigenvalue weighted by molar-refractivity contribution is -0.0527. The van der Waals surface area contributed by atoms with E-state index in [1.807, 2.05) is 0 Å². The first-order chi connectivity index (χ1) is 6.15. The lowest BCUT2D eigenvalue weighted by Crippen LogP contribution is -2.14. The van der Waals surface area contributed by atoms with Crippen molar-refractivity contribution >= 4 is 15.9 Å². The van der Waals surface area contributed by atoms with Gasteiger partial charge in [-0.05, 0) is 15.9 Å². The summed E-state index contributed by atoms with van der Waals surface area (Å²) < 4.78 is 29.1. The van der Waals surface area contributed by atoms with E-state index in [1.54, 1.807) is 0 Å². The van der Waals surface area contributed by atoms with Crippen molar-refractivity contribution in [1.29, 1.82) is 0 Å². The van der Waals surface area contributed by atoms with Crippen LogP contribution in [0.25, 0.3) is 0 Å². The van der Waals surface area contributed by atoms with Gasteiger partial charge in [0.1, 0.15) is 5.69 Å². The van der Waals surface area contributed by atoms with E-state index >= 15 is 0 Å². The standard InChI is InChI=1S/C6H7BrF2N2O2/c1-12-3-13-11-2-4(7)5(10-11)6(8)9/h2,6H,3H2,1H3. The number of ether oxygens (including phenoxy) is 1. The molecule has 0 spiro atoms. The minimum absolute atomic E-state index is 0.0448. The van der Waals surface area contributed by atoms with E-state index in [9.17, 15) is 8.78 Å². The van der Waals surface area contributed by atoms with E-state index in [1.165, 1.54) is 13.3 Å². The van der Waals surface area contributed by atoms with E-state index in [-0.39, 0.29) is 17.0 Å². The molecule has 1 aromatic rings. The van der Waals surface area contributed by atoms with Crippen LogP contribution in [0.2, 0.25) is 0 Å². The molecule has 0 aliphatic carbocycles. The zero-order valence-corrected chi connectivity index (χ0v) is 8.29. The number of rotatable bonds is 4. The highest BCUT2D eigenvalue weighted by atomic mass is 79.9. The highest BCUT2D eigenvalue weighted by Crippen LogP contribution is 2.24. The molecule has 0 saturated carbocycles. The number of halogens is 3. The Morgan fingerprint density at radius 3 is 2.85 bits per heavy atom. The maximum atomic E-state index is 12.2. The van der Waals surface area contributed by atoms with Crippen molar-refractivity contribution < 1.29 is 18.4 Å². The summed E-state index contributed by atoms with van der Waals surface area (Å²) in [7, 11) is 1.42. The molecule has 1 rings (SSSR count). The molecular weight excluding hydrogens is 250 g/mol. The smallest absolute Gasteiger partial charge is 0.283 e. The molecule has 0 amide bonds. The molecule has 74 valence electrons. The monoisotopic (exact) mass is 256 g/mol. The van der Waals surface area contributed by atoms with Crippen molar-refractivity contribution in [2.45, 2.75) is 6.43 Å². The van der Waals surface area contributed by atoms with Crippen molar-refractivity contribution in [2.24, 2.45) is 0 Å². The van der Waals surface area contributed by atoms with E-state index in [0.29, 0.717) is 0 Å². The molecule has 7 heteroatoms. The third-order valence-electron chi connectivity index (χ3n) is 1.18. The van der Waals surface area contributed by atoms with Gasteiger partial charge in [0.25, 0.3) is 6.43 Å². The third kappa shape index (κ3) is 2.63. The van der Waals surface area contributed by atoms with Gasteiger partial charge in [0.05, 0.1) is 10.7 Å². The second kappa shape index (κ2) is 4.52. The number of methoxy groups -OCH3 is 1. The maximum Gasteiger partial charge on any atom is 0.283 e. The molecule has 0 aromatic carbocycles. The first-order valence-corrected chi connectivity index (χ1v) is 4.10. The van der Waals surface area contributed by atoms with Crippen LogP contribution in [0.4, 0.5) is 8.78 Å². The van der Waals surface area contributed by atoms with Crippen molar-refractivity contribution in [2.75, 3.05) is 13.9 Å². The Balaban J connectivity index is 2.71. The van der Waals surface area contributed by atoms with Crippen LogP contribution in [0.5, 0.6) is 0 Å². The van der Waals surface area contributed by atoms with Gasteiger partial charge in [-0.3, -0.25) is 0 Å². The van der Waals surface area contributed by atoms with Crippen LogP contribution >= 0.6 is 15.9 Å². The molecule has 0 saturated heterocycles. The lowest BCUT2D eigenvalue weighted by Gasteiger charge is -2.01. The van der Waals surface area contributed by atoms with Crippen molar-refractivity contribution in [3.63, 3.8) is 0 Å². The average Bonchev–Trinajstić information content (AvgIpc) is 2.43. The molecule has 0 aliphatic heterocycles.